The van der Waals surface area contributed by atoms with Crippen LogP contribution in [0.15, 0.2) is 6.20 Å². The molecule has 0 aromatic carbocycles. The summed E-state index contributed by atoms with van der Waals surface area (Å²) in [5.41, 5.74) is 0. The Bertz CT molecular complexity index is 323. The molecule has 1 saturated carbocycles. The van der Waals surface area contributed by atoms with E-state index in [1.807, 2.05) is 17.5 Å². The summed E-state index contributed by atoms with van der Waals surface area (Å²) in [5.74, 6) is 0.744. The van der Waals surface area contributed by atoms with E-state index in [2.05, 4.69) is 17.2 Å². The number of aromatic nitrogens is 1. The molecule has 3 nitrogen and oxygen atoms in total. The third-order valence-electron chi connectivity index (χ3n) is 3.21. The number of nitrogens with one attached hydrogen (secondary N) is 1. The predicted octanol–water partition coefficient (Wildman–Crippen LogP) is 2.27. The lowest BCUT2D eigenvalue weighted by atomic mass is 9.86. The molecule has 16 heavy (non-hydrogen) atoms. The van der Waals surface area contributed by atoms with Crippen molar-refractivity contribution in [3.8, 4) is 0 Å². The van der Waals surface area contributed by atoms with Gasteiger partial charge in [-0.3, -0.25) is 0 Å². The Labute approximate surface area is 101 Å². The van der Waals surface area contributed by atoms with Crippen molar-refractivity contribution in [1.82, 2.24) is 10.3 Å². The Morgan fingerprint density at radius 1 is 1.62 bits per heavy atom. The van der Waals surface area contributed by atoms with Crippen molar-refractivity contribution in [2.45, 2.75) is 51.1 Å². The van der Waals surface area contributed by atoms with Gasteiger partial charge in [0.2, 0.25) is 0 Å². The topological polar surface area (TPSA) is 45.1 Å². The smallest absolute Gasteiger partial charge is 0.0959 e. The van der Waals surface area contributed by atoms with E-state index in [0.29, 0.717) is 6.04 Å². The number of aliphatic hydroxyl groups is 1. The maximum Gasteiger partial charge on any atom is 0.0959 e. The van der Waals surface area contributed by atoms with Crippen LogP contribution in [0.1, 0.15) is 48.4 Å². The highest BCUT2D eigenvalue weighted by Gasteiger charge is 2.22. The molecule has 1 heterocycles. The van der Waals surface area contributed by atoms with Crippen molar-refractivity contribution in [2.24, 2.45) is 0 Å². The molecule has 1 aromatic rings. The standard InChI is InChI=1S/C12H20N2OS/c1-9(5-6-15)13-7-11-8-14-12(16-11)10-3-2-4-10/h8-10,13,15H,2-7H2,1H3. The van der Waals surface area contributed by atoms with Gasteiger partial charge in [0.05, 0.1) is 5.01 Å². The molecule has 0 spiro atoms. The van der Waals surface area contributed by atoms with Crippen LogP contribution >= 0.6 is 11.3 Å². The van der Waals surface area contributed by atoms with Crippen LogP contribution in [-0.4, -0.2) is 22.7 Å². The van der Waals surface area contributed by atoms with E-state index >= 15 is 0 Å². The number of rotatable bonds is 6. The molecule has 0 aliphatic heterocycles. The zero-order valence-electron chi connectivity index (χ0n) is 9.78. The fourth-order valence-corrected chi connectivity index (χ4v) is 2.86. The number of nitrogens with zero attached hydrogens (tertiary/aromatic N) is 1. The van der Waals surface area contributed by atoms with Crippen LogP contribution < -0.4 is 5.32 Å². The molecule has 1 aromatic heterocycles. The number of hydrogen-bond acceptors (Lipinski definition) is 4. The minimum Gasteiger partial charge on any atom is -0.396 e. The van der Waals surface area contributed by atoms with Gasteiger partial charge in [-0.25, -0.2) is 4.98 Å². The lowest BCUT2D eigenvalue weighted by Gasteiger charge is -2.22. The van der Waals surface area contributed by atoms with E-state index in [1.54, 1.807) is 0 Å². The van der Waals surface area contributed by atoms with E-state index in [-0.39, 0.29) is 6.61 Å². The predicted molar refractivity (Wildman–Crippen MR) is 66.7 cm³/mol. The van der Waals surface area contributed by atoms with Gasteiger partial charge in [-0.05, 0) is 26.2 Å². The Balaban J connectivity index is 1.78. The van der Waals surface area contributed by atoms with Crippen molar-refractivity contribution in [2.75, 3.05) is 6.61 Å². The van der Waals surface area contributed by atoms with Crippen molar-refractivity contribution in [3.05, 3.63) is 16.1 Å². The van der Waals surface area contributed by atoms with Crippen LogP contribution in [0.2, 0.25) is 0 Å². The molecule has 4 heteroatoms. The average Bonchev–Trinajstić information content (AvgIpc) is 2.61. The SMILES string of the molecule is CC(CCO)NCc1cnc(C2CCC2)s1. The van der Waals surface area contributed by atoms with Gasteiger partial charge in [0.1, 0.15) is 0 Å². The summed E-state index contributed by atoms with van der Waals surface area (Å²) in [6.07, 6.45) is 6.82. The second-order valence-corrected chi connectivity index (χ2v) is 5.73. The van der Waals surface area contributed by atoms with Gasteiger partial charge >= 0.3 is 0 Å². The van der Waals surface area contributed by atoms with Crippen LogP contribution in [0.25, 0.3) is 0 Å². The molecule has 1 aliphatic carbocycles. The molecule has 0 radical (unpaired) electrons. The summed E-state index contributed by atoms with van der Waals surface area (Å²) in [4.78, 5) is 5.80. The summed E-state index contributed by atoms with van der Waals surface area (Å²) in [6, 6.07) is 0.374. The van der Waals surface area contributed by atoms with Gasteiger partial charge in [0.25, 0.3) is 0 Å². The van der Waals surface area contributed by atoms with E-state index in [9.17, 15) is 0 Å². The lowest BCUT2D eigenvalue weighted by Crippen LogP contribution is -2.25. The first-order valence-electron chi connectivity index (χ1n) is 6.08. The summed E-state index contributed by atoms with van der Waals surface area (Å²) in [7, 11) is 0. The van der Waals surface area contributed by atoms with Crippen molar-refractivity contribution < 1.29 is 5.11 Å². The zero-order chi connectivity index (χ0) is 11.4. The van der Waals surface area contributed by atoms with Crippen molar-refractivity contribution in [1.29, 1.82) is 0 Å². The number of thiazole rings is 1. The zero-order valence-corrected chi connectivity index (χ0v) is 10.6. The third kappa shape index (κ3) is 3.03. The Morgan fingerprint density at radius 2 is 2.44 bits per heavy atom. The molecule has 2 rings (SSSR count). The molecular formula is C12H20N2OS. The maximum atomic E-state index is 8.80. The highest BCUT2D eigenvalue weighted by Crippen LogP contribution is 2.38. The first-order valence-corrected chi connectivity index (χ1v) is 6.90. The second-order valence-electron chi connectivity index (χ2n) is 4.59. The third-order valence-corrected chi connectivity index (χ3v) is 4.37. The molecule has 2 N–H and O–H groups in total. The minimum atomic E-state index is 0.254. The van der Waals surface area contributed by atoms with E-state index in [1.165, 1.54) is 29.1 Å². The van der Waals surface area contributed by atoms with Crippen LogP contribution in [0.5, 0.6) is 0 Å². The van der Waals surface area contributed by atoms with Gasteiger partial charge in [-0.1, -0.05) is 6.42 Å². The lowest BCUT2D eigenvalue weighted by molar-refractivity contribution is 0.269. The molecule has 1 atom stereocenters. The van der Waals surface area contributed by atoms with Gasteiger partial charge in [0.15, 0.2) is 0 Å². The maximum absolute atomic E-state index is 8.80. The van der Waals surface area contributed by atoms with Gasteiger partial charge in [-0.2, -0.15) is 0 Å². The average molecular weight is 240 g/mol. The molecule has 0 amide bonds. The summed E-state index contributed by atoms with van der Waals surface area (Å²) < 4.78 is 0. The monoisotopic (exact) mass is 240 g/mol. The first kappa shape index (κ1) is 12.0. The molecule has 1 aliphatic rings. The molecule has 0 bridgehead atoms. The molecule has 90 valence electrons. The largest absolute Gasteiger partial charge is 0.396 e. The van der Waals surface area contributed by atoms with Crippen LogP contribution in [-0.2, 0) is 6.54 Å². The Hall–Kier alpha value is -0.450. The van der Waals surface area contributed by atoms with Gasteiger partial charge in [0, 0.05) is 36.2 Å². The quantitative estimate of drug-likeness (QED) is 0.802. The van der Waals surface area contributed by atoms with E-state index < -0.39 is 0 Å². The first-order chi connectivity index (χ1) is 7.79. The highest BCUT2D eigenvalue weighted by atomic mass is 32.1. The van der Waals surface area contributed by atoms with Gasteiger partial charge in [-0.15, -0.1) is 11.3 Å². The highest BCUT2D eigenvalue weighted by molar-refractivity contribution is 7.11. The molecule has 1 unspecified atom stereocenters. The summed E-state index contributed by atoms with van der Waals surface area (Å²) >= 11 is 1.84. The van der Waals surface area contributed by atoms with Crippen molar-refractivity contribution >= 4 is 11.3 Å². The fraction of sp³-hybridized carbons (Fsp3) is 0.750. The summed E-state index contributed by atoms with van der Waals surface area (Å²) in [6.45, 7) is 3.24. The summed E-state index contributed by atoms with van der Waals surface area (Å²) in [5, 5.41) is 13.5. The fourth-order valence-electron chi connectivity index (χ4n) is 1.82. The Kier molecular flexibility index (Phi) is 4.32. The molecule has 1 fully saturated rings. The molecule has 0 saturated heterocycles. The second kappa shape index (κ2) is 5.75. The van der Waals surface area contributed by atoms with Crippen LogP contribution in [0.3, 0.4) is 0 Å². The van der Waals surface area contributed by atoms with Crippen LogP contribution in [0.4, 0.5) is 0 Å². The Morgan fingerprint density at radius 3 is 3.06 bits per heavy atom. The van der Waals surface area contributed by atoms with Gasteiger partial charge < -0.3 is 10.4 Å². The molecular weight excluding hydrogens is 220 g/mol. The number of hydrogen-bond donors (Lipinski definition) is 2. The number of aliphatic hydroxyl groups excluding tert-OH is 1. The van der Waals surface area contributed by atoms with Crippen molar-refractivity contribution in [3.63, 3.8) is 0 Å². The minimum absolute atomic E-state index is 0.254. The van der Waals surface area contributed by atoms with Crippen LogP contribution in [0, 0.1) is 0 Å². The van der Waals surface area contributed by atoms with E-state index in [4.69, 9.17) is 5.11 Å². The normalized spacial score (nSPS) is 18.4. The van der Waals surface area contributed by atoms with E-state index in [0.717, 1.165) is 18.9 Å².